The van der Waals surface area contributed by atoms with Crippen LogP contribution in [0.4, 0.5) is 0 Å². The summed E-state index contributed by atoms with van der Waals surface area (Å²) in [4.78, 5) is 14.3. The lowest BCUT2D eigenvalue weighted by Crippen LogP contribution is -2.34. The summed E-state index contributed by atoms with van der Waals surface area (Å²) in [5.41, 5.74) is 0. The van der Waals surface area contributed by atoms with E-state index in [1.54, 1.807) is 0 Å². The van der Waals surface area contributed by atoms with E-state index in [0.29, 0.717) is 0 Å². The zero-order valence-corrected chi connectivity index (χ0v) is 15.0. The molecule has 0 atom stereocenters. The van der Waals surface area contributed by atoms with E-state index in [-0.39, 0.29) is 12.5 Å². The van der Waals surface area contributed by atoms with E-state index < -0.39 is 0 Å². The fraction of sp³-hybridized carbons (Fsp3) is 0.650. The lowest BCUT2D eigenvalue weighted by atomic mass is 9.94. The molecule has 0 bridgehead atoms. The monoisotopic (exact) mass is 332 g/mol. The third kappa shape index (κ3) is 7.35. The smallest absolute Gasteiger partial charge is 0.257 e. The predicted octanol–water partition coefficient (Wildman–Crippen LogP) is 3.62. The van der Waals surface area contributed by atoms with Gasteiger partial charge in [-0.2, -0.15) is 0 Å². The number of amides is 1. The number of hydrogen-bond acceptors (Lipinski definition) is 3. The van der Waals surface area contributed by atoms with Crippen molar-refractivity contribution in [3.63, 3.8) is 0 Å². The van der Waals surface area contributed by atoms with Gasteiger partial charge in [0.1, 0.15) is 5.75 Å². The van der Waals surface area contributed by atoms with Gasteiger partial charge in [0.15, 0.2) is 6.61 Å². The maximum Gasteiger partial charge on any atom is 0.257 e. The van der Waals surface area contributed by atoms with E-state index in [9.17, 15) is 4.79 Å². The summed E-state index contributed by atoms with van der Waals surface area (Å²) in [7, 11) is 2.26. The van der Waals surface area contributed by atoms with Crippen LogP contribution in [0.3, 0.4) is 0 Å². The van der Waals surface area contributed by atoms with E-state index in [0.717, 1.165) is 31.2 Å². The molecule has 2 rings (SSSR count). The van der Waals surface area contributed by atoms with Gasteiger partial charge < -0.3 is 15.0 Å². The van der Waals surface area contributed by atoms with Crippen LogP contribution in [0.15, 0.2) is 30.3 Å². The Morgan fingerprint density at radius 1 is 1.12 bits per heavy atom. The maximum atomic E-state index is 11.7. The standard InChI is InChI=1S/C20H32N2O2/c1-22(18-11-5-2-6-12-18)16-10-4-9-15-21-20(23)17-24-19-13-7-3-8-14-19/h3,7-8,13-14,18H,2,4-6,9-12,15-17H2,1H3,(H,21,23). The lowest BCUT2D eigenvalue weighted by Gasteiger charge is -2.31. The molecule has 0 radical (unpaired) electrons. The van der Waals surface area contributed by atoms with Crippen molar-refractivity contribution in [1.29, 1.82) is 0 Å². The Morgan fingerprint density at radius 3 is 2.62 bits per heavy atom. The number of nitrogens with one attached hydrogen (secondary N) is 1. The first-order valence-corrected chi connectivity index (χ1v) is 9.40. The Morgan fingerprint density at radius 2 is 1.88 bits per heavy atom. The molecule has 1 aliphatic carbocycles. The van der Waals surface area contributed by atoms with Crippen molar-refractivity contribution in [2.24, 2.45) is 0 Å². The van der Waals surface area contributed by atoms with E-state index in [1.165, 1.54) is 45.1 Å². The first kappa shape index (κ1) is 18.8. The minimum Gasteiger partial charge on any atom is -0.484 e. The number of hydrogen-bond donors (Lipinski definition) is 1. The van der Waals surface area contributed by atoms with Gasteiger partial charge in [-0.05, 0) is 51.4 Å². The topological polar surface area (TPSA) is 41.6 Å². The second kappa shape index (κ2) is 11.1. The molecule has 0 aromatic heterocycles. The summed E-state index contributed by atoms with van der Waals surface area (Å²) in [5, 5.41) is 2.93. The molecule has 1 aromatic carbocycles. The maximum absolute atomic E-state index is 11.7. The van der Waals surface area contributed by atoms with Crippen LogP contribution in [0.25, 0.3) is 0 Å². The summed E-state index contributed by atoms with van der Waals surface area (Å²) in [6.45, 7) is 2.01. The highest BCUT2D eigenvalue weighted by atomic mass is 16.5. The average Bonchev–Trinajstić information content (AvgIpc) is 2.64. The minimum atomic E-state index is -0.0434. The molecule has 134 valence electrons. The fourth-order valence-electron chi connectivity index (χ4n) is 3.31. The highest BCUT2D eigenvalue weighted by Crippen LogP contribution is 2.21. The molecular formula is C20H32N2O2. The number of rotatable bonds is 10. The molecule has 1 fully saturated rings. The van der Waals surface area contributed by atoms with Crippen molar-refractivity contribution >= 4 is 5.91 Å². The van der Waals surface area contributed by atoms with Gasteiger partial charge in [0.2, 0.25) is 0 Å². The molecule has 1 aromatic rings. The van der Waals surface area contributed by atoms with Crippen molar-refractivity contribution in [1.82, 2.24) is 10.2 Å². The molecule has 0 aliphatic heterocycles. The van der Waals surface area contributed by atoms with Crippen LogP contribution in [0.1, 0.15) is 51.4 Å². The minimum absolute atomic E-state index is 0.0434. The van der Waals surface area contributed by atoms with E-state index in [2.05, 4.69) is 17.3 Å². The van der Waals surface area contributed by atoms with Crippen LogP contribution in [-0.4, -0.2) is 43.6 Å². The van der Waals surface area contributed by atoms with Gasteiger partial charge in [-0.25, -0.2) is 0 Å². The van der Waals surface area contributed by atoms with Crippen molar-refractivity contribution in [2.75, 3.05) is 26.7 Å². The summed E-state index contributed by atoms with van der Waals surface area (Å²) < 4.78 is 5.43. The molecule has 1 N–H and O–H groups in total. The SMILES string of the molecule is CN(CCCCCNC(=O)COc1ccccc1)C1CCCCC1. The summed E-state index contributed by atoms with van der Waals surface area (Å²) in [5.74, 6) is 0.691. The second-order valence-corrected chi connectivity index (χ2v) is 6.78. The van der Waals surface area contributed by atoms with Crippen molar-refractivity contribution in [2.45, 2.75) is 57.4 Å². The van der Waals surface area contributed by atoms with E-state index >= 15 is 0 Å². The van der Waals surface area contributed by atoms with Gasteiger partial charge in [-0.15, -0.1) is 0 Å². The molecule has 1 aliphatic rings. The second-order valence-electron chi connectivity index (χ2n) is 6.78. The Balaban J connectivity index is 1.45. The number of carbonyl (C=O) groups excluding carboxylic acids is 1. The van der Waals surface area contributed by atoms with Crippen LogP contribution in [0, 0.1) is 0 Å². The quantitative estimate of drug-likeness (QED) is 0.665. The van der Waals surface area contributed by atoms with Crippen molar-refractivity contribution < 1.29 is 9.53 Å². The molecule has 0 spiro atoms. The van der Waals surface area contributed by atoms with Crippen LogP contribution < -0.4 is 10.1 Å². The summed E-state index contributed by atoms with van der Waals surface area (Å²) in [6.07, 6.45) is 10.4. The predicted molar refractivity (Wildman–Crippen MR) is 98.3 cm³/mol. The normalized spacial score (nSPS) is 15.4. The van der Waals surface area contributed by atoms with Gasteiger partial charge in [0, 0.05) is 12.6 Å². The van der Waals surface area contributed by atoms with Gasteiger partial charge >= 0.3 is 0 Å². The summed E-state index contributed by atoms with van der Waals surface area (Å²) in [6, 6.07) is 10.2. The van der Waals surface area contributed by atoms with Crippen molar-refractivity contribution in [3.05, 3.63) is 30.3 Å². The summed E-state index contributed by atoms with van der Waals surface area (Å²) >= 11 is 0. The first-order valence-electron chi connectivity index (χ1n) is 9.40. The molecule has 0 heterocycles. The van der Waals surface area contributed by atoms with Gasteiger partial charge in [0.25, 0.3) is 5.91 Å². The molecule has 0 saturated heterocycles. The van der Waals surface area contributed by atoms with Gasteiger partial charge in [-0.1, -0.05) is 43.9 Å². The Hall–Kier alpha value is -1.55. The Bertz CT molecular complexity index is 458. The number of para-hydroxylation sites is 1. The van der Waals surface area contributed by atoms with Gasteiger partial charge in [-0.3, -0.25) is 4.79 Å². The highest BCUT2D eigenvalue weighted by molar-refractivity contribution is 5.77. The molecule has 1 amide bonds. The van der Waals surface area contributed by atoms with Crippen molar-refractivity contribution in [3.8, 4) is 5.75 Å². The van der Waals surface area contributed by atoms with Gasteiger partial charge in [0.05, 0.1) is 0 Å². The number of benzene rings is 1. The van der Waals surface area contributed by atoms with Crippen LogP contribution >= 0.6 is 0 Å². The Kier molecular flexibility index (Phi) is 8.67. The third-order valence-electron chi connectivity index (χ3n) is 4.82. The number of nitrogens with zero attached hydrogens (tertiary/aromatic N) is 1. The first-order chi connectivity index (χ1) is 11.8. The number of ether oxygens (including phenoxy) is 1. The van der Waals surface area contributed by atoms with Crippen LogP contribution in [0.2, 0.25) is 0 Å². The van der Waals surface area contributed by atoms with Crippen LogP contribution in [-0.2, 0) is 4.79 Å². The number of carbonyl (C=O) groups is 1. The Labute approximate surface area is 146 Å². The van der Waals surface area contributed by atoms with E-state index in [4.69, 9.17) is 4.74 Å². The lowest BCUT2D eigenvalue weighted by molar-refractivity contribution is -0.123. The highest BCUT2D eigenvalue weighted by Gasteiger charge is 2.17. The molecular weight excluding hydrogens is 300 g/mol. The molecule has 4 heteroatoms. The van der Waals surface area contributed by atoms with Crippen LogP contribution in [0.5, 0.6) is 5.75 Å². The molecule has 4 nitrogen and oxygen atoms in total. The molecule has 24 heavy (non-hydrogen) atoms. The van der Waals surface area contributed by atoms with E-state index in [1.807, 2.05) is 30.3 Å². The molecule has 1 saturated carbocycles. The molecule has 0 unspecified atom stereocenters. The zero-order chi connectivity index (χ0) is 17.0. The number of unbranched alkanes of at least 4 members (excludes halogenated alkanes) is 2. The zero-order valence-electron chi connectivity index (χ0n) is 15.0. The third-order valence-corrected chi connectivity index (χ3v) is 4.82. The fourth-order valence-corrected chi connectivity index (χ4v) is 3.31. The average molecular weight is 332 g/mol. The largest absolute Gasteiger partial charge is 0.484 e.